The largest absolute Gasteiger partial charge is 0.493 e. The fraction of sp³-hybridized carbons (Fsp3) is 0.167. The lowest BCUT2D eigenvalue weighted by Gasteiger charge is -1.93. The van der Waals surface area contributed by atoms with Gasteiger partial charge in [-0.1, -0.05) is 18.2 Å². The van der Waals surface area contributed by atoms with Crippen LogP contribution < -0.4 is 4.74 Å². The van der Waals surface area contributed by atoms with Crippen LogP contribution in [0, 0.1) is 0 Å². The molecule has 0 saturated heterocycles. The maximum absolute atomic E-state index is 5.30. The van der Waals surface area contributed by atoms with E-state index in [1.807, 2.05) is 18.2 Å². The Morgan fingerprint density at radius 2 is 1.60 bits per heavy atom. The van der Waals surface area contributed by atoms with Gasteiger partial charge in [-0.2, -0.15) is 0 Å². The van der Waals surface area contributed by atoms with Crippen LogP contribution in [0.2, 0.25) is 0 Å². The highest BCUT2D eigenvalue weighted by Gasteiger charge is 2.08. The molecule has 3 heteroatoms. The summed E-state index contributed by atoms with van der Waals surface area (Å²) in [5, 5.41) is 0. The molecule has 2 heterocycles. The molecule has 1 aromatic carbocycles. The predicted molar refractivity (Wildman–Crippen MR) is 57.7 cm³/mol. The quantitative estimate of drug-likeness (QED) is 0.653. The molecular weight excluding hydrogens is 188 g/mol. The van der Waals surface area contributed by atoms with E-state index in [2.05, 4.69) is 16.0 Å². The average Bonchev–Trinajstić information content (AvgIpc) is 2.80. The summed E-state index contributed by atoms with van der Waals surface area (Å²) in [4.78, 5) is 7.44. The van der Waals surface area contributed by atoms with Crippen LogP contribution in [-0.4, -0.2) is 16.6 Å². The lowest BCUT2D eigenvalue weighted by molar-refractivity contribution is 0.357. The lowest BCUT2D eigenvalue weighted by Crippen LogP contribution is -1.85. The number of fused-ring (bicyclic) bond motifs is 1. The van der Waals surface area contributed by atoms with E-state index in [0.717, 1.165) is 18.8 Å². The summed E-state index contributed by atoms with van der Waals surface area (Å²) in [7, 11) is 0. The number of rotatable bonds is 0. The zero-order valence-electron chi connectivity index (χ0n) is 8.34. The molecule has 0 aliphatic carbocycles. The maximum atomic E-state index is 5.30. The van der Waals surface area contributed by atoms with Crippen molar-refractivity contribution in [2.45, 2.75) is 6.42 Å². The van der Waals surface area contributed by atoms with E-state index in [1.54, 1.807) is 24.8 Å². The molecule has 0 amide bonds. The second kappa shape index (κ2) is 5.10. The van der Waals surface area contributed by atoms with Crippen LogP contribution in [0.4, 0.5) is 0 Å². The van der Waals surface area contributed by atoms with Crippen molar-refractivity contribution in [1.82, 2.24) is 9.97 Å². The highest BCUT2D eigenvalue weighted by Crippen LogP contribution is 2.23. The fourth-order valence-corrected chi connectivity index (χ4v) is 1.38. The molecule has 2 aromatic rings. The SMILES string of the molecule is c1ccc2c(c1)CCO2.c1cnccn1. The van der Waals surface area contributed by atoms with Gasteiger partial charge in [0, 0.05) is 31.2 Å². The van der Waals surface area contributed by atoms with Gasteiger partial charge in [0.25, 0.3) is 0 Å². The van der Waals surface area contributed by atoms with E-state index in [0.29, 0.717) is 0 Å². The van der Waals surface area contributed by atoms with E-state index < -0.39 is 0 Å². The molecule has 1 aliphatic heterocycles. The topological polar surface area (TPSA) is 35.0 Å². The van der Waals surface area contributed by atoms with E-state index in [9.17, 15) is 0 Å². The van der Waals surface area contributed by atoms with Gasteiger partial charge in [0.05, 0.1) is 6.61 Å². The van der Waals surface area contributed by atoms with Crippen molar-refractivity contribution in [3.63, 3.8) is 0 Å². The van der Waals surface area contributed by atoms with Gasteiger partial charge in [-0.25, -0.2) is 0 Å². The van der Waals surface area contributed by atoms with E-state index >= 15 is 0 Å². The number of hydrogen-bond acceptors (Lipinski definition) is 3. The fourth-order valence-electron chi connectivity index (χ4n) is 1.38. The Hall–Kier alpha value is -1.90. The van der Waals surface area contributed by atoms with Crippen LogP contribution in [0.1, 0.15) is 5.56 Å². The monoisotopic (exact) mass is 200 g/mol. The third kappa shape index (κ3) is 2.77. The van der Waals surface area contributed by atoms with Crippen molar-refractivity contribution < 1.29 is 4.74 Å². The highest BCUT2D eigenvalue weighted by atomic mass is 16.5. The number of ether oxygens (including phenoxy) is 1. The van der Waals surface area contributed by atoms with Gasteiger partial charge in [0.15, 0.2) is 0 Å². The summed E-state index contributed by atoms with van der Waals surface area (Å²) in [5.41, 5.74) is 1.34. The van der Waals surface area contributed by atoms with Crippen LogP contribution in [-0.2, 0) is 6.42 Å². The Labute approximate surface area is 88.8 Å². The van der Waals surface area contributed by atoms with Gasteiger partial charge < -0.3 is 4.74 Å². The molecule has 1 aliphatic rings. The van der Waals surface area contributed by atoms with Crippen molar-refractivity contribution in [2.75, 3.05) is 6.61 Å². The van der Waals surface area contributed by atoms with Crippen molar-refractivity contribution in [3.05, 3.63) is 54.6 Å². The molecule has 3 nitrogen and oxygen atoms in total. The maximum Gasteiger partial charge on any atom is 0.122 e. The summed E-state index contributed by atoms with van der Waals surface area (Å²) in [6.45, 7) is 0.860. The van der Waals surface area contributed by atoms with Crippen molar-refractivity contribution in [1.29, 1.82) is 0 Å². The number of benzene rings is 1. The van der Waals surface area contributed by atoms with Gasteiger partial charge in [0.2, 0.25) is 0 Å². The Bertz CT molecular complexity index is 354. The van der Waals surface area contributed by atoms with Crippen LogP contribution in [0.15, 0.2) is 49.1 Å². The van der Waals surface area contributed by atoms with Gasteiger partial charge in [-0.05, 0) is 11.6 Å². The molecule has 1 aromatic heterocycles. The minimum absolute atomic E-state index is 0.860. The van der Waals surface area contributed by atoms with E-state index in [-0.39, 0.29) is 0 Å². The molecule has 0 radical (unpaired) electrons. The summed E-state index contributed by atoms with van der Waals surface area (Å²) in [6, 6.07) is 8.18. The molecule has 0 atom stereocenters. The van der Waals surface area contributed by atoms with Crippen molar-refractivity contribution in [2.24, 2.45) is 0 Å². The second-order valence-electron chi connectivity index (χ2n) is 3.10. The first-order valence-corrected chi connectivity index (χ1v) is 4.87. The van der Waals surface area contributed by atoms with Crippen LogP contribution in [0.25, 0.3) is 0 Å². The smallest absolute Gasteiger partial charge is 0.122 e. The predicted octanol–water partition coefficient (Wildman–Crippen LogP) is 2.10. The van der Waals surface area contributed by atoms with Gasteiger partial charge >= 0.3 is 0 Å². The zero-order chi connectivity index (χ0) is 10.3. The van der Waals surface area contributed by atoms with E-state index in [4.69, 9.17) is 4.74 Å². The van der Waals surface area contributed by atoms with Gasteiger partial charge in [-0.3, -0.25) is 9.97 Å². The first-order valence-electron chi connectivity index (χ1n) is 4.87. The van der Waals surface area contributed by atoms with Gasteiger partial charge in [-0.15, -0.1) is 0 Å². The standard InChI is InChI=1S/C8H8O.C4H4N2/c1-2-4-8-7(3-1)5-6-9-8;1-2-6-4-3-5-1/h1-4H,5-6H2;1-4H. The van der Waals surface area contributed by atoms with Crippen LogP contribution in [0.5, 0.6) is 5.75 Å². The lowest BCUT2D eigenvalue weighted by atomic mass is 10.2. The molecule has 0 saturated carbocycles. The first kappa shape index (κ1) is 9.65. The summed E-state index contributed by atoms with van der Waals surface area (Å²) in [6.07, 6.45) is 7.64. The minimum atomic E-state index is 0.860. The third-order valence-corrected chi connectivity index (χ3v) is 2.08. The molecule has 15 heavy (non-hydrogen) atoms. The normalized spacial score (nSPS) is 12.0. The van der Waals surface area contributed by atoms with E-state index in [1.165, 1.54) is 5.56 Å². The van der Waals surface area contributed by atoms with Crippen molar-refractivity contribution >= 4 is 0 Å². The molecular formula is C12H12N2O. The highest BCUT2D eigenvalue weighted by molar-refractivity contribution is 5.35. The number of hydrogen-bond donors (Lipinski definition) is 0. The van der Waals surface area contributed by atoms with Crippen molar-refractivity contribution in [3.8, 4) is 5.75 Å². The Balaban J connectivity index is 0.000000124. The summed E-state index contributed by atoms with van der Waals surface area (Å²) in [5.74, 6) is 1.07. The molecule has 0 spiro atoms. The Morgan fingerprint density at radius 1 is 0.933 bits per heavy atom. The third-order valence-electron chi connectivity index (χ3n) is 2.08. The molecule has 0 N–H and O–H groups in total. The average molecular weight is 200 g/mol. The molecule has 0 fully saturated rings. The first-order chi connectivity index (χ1) is 7.47. The molecule has 76 valence electrons. The number of para-hydroxylation sites is 1. The van der Waals surface area contributed by atoms with Crippen LogP contribution >= 0.6 is 0 Å². The molecule has 0 bridgehead atoms. The Kier molecular flexibility index (Phi) is 3.28. The zero-order valence-corrected chi connectivity index (χ0v) is 8.34. The number of aromatic nitrogens is 2. The second-order valence-corrected chi connectivity index (χ2v) is 3.10. The minimum Gasteiger partial charge on any atom is -0.493 e. The summed E-state index contributed by atoms with van der Waals surface area (Å²) < 4.78 is 5.30. The molecule has 0 unspecified atom stereocenters. The van der Waals surface area contributed by atoms with Gasteiger partial charge in [0.1, 0.15) is 5.75 Å². The number of nitrogens with zero attached hydrogens (tertiary/aromatic N) is 2. The van der Waals surface area contributed by atoms with Crippen LogP contribution in [0.3, 0.4) is 0 Å². The summed E-state index contributed by atoms with van der Waals surface area (Å²) >= 11 is 0. The Morgan fingerprint density at radius 3 is 2.20 bits per heavy atom. The molecule has 3 rings (SSSR count).